The van der Waals surface area contributed by atoms with Crippen molar-refractivity contribution in [2.75, 3.05) is 12.4 Å². The Labute approximate surface area is 95.7 Å². The first-order valence-electron chi connectivity index (χ1n) is 5.74. The fourth-order valence-corrected chi connectivity index (χ4v) is 2.08. The first-order valence-corrected chi connectivity index (χ1v) is 5.74. The Morgan fingerprint density at radius 1 is 1.38 bits per heavy atom. The van der Waals surface area contributed by atoms with Crippen molar-refractivity contribution in [3.05, 3.63) is 18.3 Å². The van der Waals surface area contributed by atoms with Crippen LogP contribution in [-0.2, 0) is 0 Å². The molecule has 0 spiro atoms. The number of anilines is 1. The van der Waals surface area contributed by atoms with E-state index < -0.39 is 0 Å². The molecule has 4 heteroatoms. The summed E-state index contributed by atoms with van der Waals surface area (Å²) in [5, 5.41) is 13.1. The highest BCUT2D eigenvalue weighted by molar-refractivity contribution is 5.43. The van der Waals surface area contributed by atoms with Gasteiger partial charge in [-0.1, -0.05) is 12.8 Å². The van der Waals surface area contributed by atoms with Gasteiger partial charge in [-0.2, -0.15) is 0 Å². The fourth-order valence-electron chi connectivity index (χ4n) is 2.08. The van der Waals surface area contributed by atoms with Crippen molar-refractivity contribution in [1.82, 2.24) is 4.98 Å². The fraction of sp³-hybridized carbons (Fsp3) is 0.583. The summed E-state index contributed by atoms with van der Waals surface area (Å²) in [7, 11) is 1.60. The van der Waals surface area contributed by atoms with Gasteiger partial charge in [-0.3, -0.25) is 0 Å². The number of hydrogen-bond donors (Lipinski definition) is 2. The number of hydrogen-bond acceptors (Lipinski definition) is 4. The average Bonchev–Trinajstić information content (AvgIpc) is 2.33. The van der Waals surface area contributed by atoms with Crippen LogP contribution in [0.25, 0.3) is 0 Å². The van der Waals surface area contributed by atoms with Crippen LogP contribution in [0.1, 0.15) is 25.7 Å². The summed E-state index contributed by atoms with van der Waals surface area (Å²) in [6.45, 7) is 0. The van der Waals surface area contributed by atoms with Gasteiger partial charge in [0.15, 0.2) is 0 Å². The van der Waals surface area contributed by atoms with E-state index in [0.29, 0.717) is 5.88 Å². The van der Waals surface area contributed by atoms with Crippen molar-refractivity contribution in [3.8, 4) is 5.88 Å². The molecule has 1 aliphatic rings. The molecule has 2 atom stereocenters. The normalized spacial score (nSPS) is 25.1. The predicted molar refractivity (Wildman–Crippen MR) is 62.7 cm³/mol. The van der Waals surface area contributed by atoms with Gasteiger partial charge in [0.1, 0.15) is 0 Å². The SMILES string of the molecule is COc1ccc(N[C@@H]2CCCC[C@H]2O)cn1. The highest BCUT2D eigenvalue weighted by Gasteiger charge is 2.22. The van der Waals surface area contributed by atoms with Crippen molar-refractivity contribution in [3.63, 3.8) is 0 Å². The number of pyridine rings is 1. The third-order valence-electron chi connectivity index (χ3n) is 3.03. The summed E-state index contributed by atoms with van der Waals surface area (Å²) in [5.74, 6) is 0.606. The van der Waals surface area contributed by atoms with Crippen LogP contribution in [0.2, 0.25) is 0 Å². The Morgan fingerprint density at radius 3 is 2.81 bits per heavy atom. The number of aliphatic hydroxyl groups is 1. The van der Waals surface area contributed by atoms with E-state index in [1.54, 1.807) is 13.3 Å². The molecule has 1 fully saturated rings. The van der Waals surface area contributed by atoms with Crippen LogP contribution in [0, 0.1) is 0 Å². The molecule has 1 saturated carbocycles. The lowest BCUT2D eigenvalue weighted by atomic mass is 9.92. The summed E-state index contributed by atoms with van der Waals surface area (Å²) in [4.78, 5) is 4.12. The van der Waals surface area contributed by atoms with Gasteiger partial charge in [-0.15, -0.1) is 0 Å². The molecule has 1 aliphatic carbocycles. The largest absolute Gasteiger partial charge is 0.481 e. The molecule has 0 aromatic carbocycles. The molecule has 1 aromatic rings. The van der Waals surface area contributed by atoms with E-state index in [1.165, 1.54) is 6.42 Å². The molecule has 0 amide bonds. The van der Waals surface area contributed by atoms with E-state index in [2.05, 4.69) is 10.3 Å². The van der Waals surface area contributed by atoms with Crippen molar-refractivity contribution in [2.45, 2.75) is 37.8 Å². The molecule has 2 N–H and O–H groups in total. The minimum atomic E-state index is -0.240. The molecule has 0 aliphatic heterocycles. The predicted octanol–water partition coefficient (Wildman–Crippen LogP) is 1.81. The number of ether oxygens (including phenoxy) is 1. The average molecular weight is 222 g/mol. The number of nitrogens with zero attached hydrogens (tertiary/aromatic N) is 1. The Bertz CT molecular complexity index is 326. The third-order valence-corrected chi connectivity index (χ3v) is 3.03. The van der Waals surface area contributed by atoms with E-state index in [0.717, 1.165) is 24.9 Å². The minimum absolute atomic E-state index is 0.156. The van der Waals surface area contributed by atoms with Crippen molar-refractivity contribution >= 4 is 5.69 Å². The highest BCUT2D eigenvalue weighted by Crippen LogP contribution is 2.22. The molecule has 1 aromatic heterocycles. The third kappa shape index (κ3) is 2.64. The lowest BCUT2D eigenvalue weighted by Crippen LogP contribution is -2.36. The number of aromatic nitrogens is 1. The molecule has 2 rings (SSSR count). The monoisotopic (exact) mass is 222 g/mol. The second-order valence-corrected chi connectivity index (χ2v) is 4.19. The van der Waals surface area contributed by atoms with E-state index in [1.807, 2.05) is 12.1 Å². The quantitative estimate of drug-likeness (QED) is 0.819. The zero-order valence-electron chi connectivity index (χ0n) is 9.52. The second-order valence-electron chi connectivity index (χ2n) is 4.19. The van der Waals surface area contributed by atoms with Crippen LogP contribution in [-0.4, -0.2) is 29.3 Å². The smallest absolute Gasteiger partial charge is 0.213 e. The molecular weight excluding hydrogens is 204 g/mol. The molecule has 88 valence electrons. The number of nitrogens with one attached hydrogen (secondary N) is 1. The topological polar surface area (TPSA) is 54.4 Å². The number of aliphatic hydroxyl groups excluding tert-OH is 1. The second kappa shape index (κ2) is 5.16. The number of rotatable bonds is 3. The van der Waals surface area contributed by atoms with Crippen LogP contribution >= 0.6 is 0 Å². The zero-order valence-corrected chi connectivity index (χ0v) is 9.52. The summed E-state index contributed by atoms with van der Waals surface area (Å²) in [5.41, 5.74) is 0.937. The van der Waals surface area contributed by atoms with Gasteiger partial charge in [0, 0.05) is 6.07 Å². The summed E-state index contributed by atoms with van der Waals surface area (Å²) < 4.78 is 4.99. The summed E-state index contributed by atoms with van der Waals surface area (Å²) in [6, 6.07) is 3.90. The maximum atomic E-state index is 9.82. The highest BCUT2D eigenvalue weighted by atomic mass is 16.5. The van der Waals surface area contributed by atoms with Crippen LogP contribution in [0.15, 0.2) is 18.3 Å². The lowest BCUT2D eigenvalue weighted by molar-refractivity contribution is 0.116. The first kappa shape index (κ1) is 11.2. The van der Waals surface area contributed by atoms with Crippen LogP contribution < -0.4 is 10.1 Å². The maximum absolute atomic E-state index is 9.82. The Morgan fingerprint density at radius 2 is 2.19 bits per heavy atom. The van der Waals surface area contributed by atoms with Gasteiger partial charge in [0.2, 0.25) is 5.88 Å². The van der Waals surface area contributed by atoms with Crippen LogP contribution in [0.3, 0.4) is 0 Å². The van der Waals surface area contributed by atoms with Gasteiger partial charge < -0.3 is 15.2 Å². The van der Waals surface area contributed by atoms with Gasteiger partial charge in [0.05, 0.1) is 31.1 Å². The van der Waals surface area contributed by atoms with Crippen molar-refractivity contribution in [2.24, 2.45) is 0 Å². The van der Waals surface area contributed by atoms with Crippen molar-refractivity contribution < 1.29 is 9.84 Å². The molecule has 4 nitrogen and oxygen atoms in total. The van der Waals surface area contributed by atoms with Crippen LogP contribution in [0.5, 0.6) is 5.88 Å². The van der Waals surface area contributed by atoms with E-state index in [-0.39, 0.29) is 12.1 Å². The van der Waals surface area contributed by atoms with Crippen LogP contribution in [0.4, 0.5) is 5.69 Å². The van der Waals surface area contributed by atoms with Gasteiger partial charge in [-0.05, 0) is 18.9 Å². The standard InChI is InChI=1S/C12H18N2O2/c1-16-12-7-6-9(8-13-12)14-10-4-2-3-5-11(10)15/h6-8,10-11,14-15H,2-5H2,1H3/t10-,11-/m1/s1. The Kier molecular flexibility index (Phi) is 3.62. The molecular formula is C12H18N2O2. The summed E-state index contributed by atoms with van der Waals surface area (Å²) >= 11 is 0. The van der Waals surface area contributed by atoms with Gasteiger partial charge in [0.25, 0.3) is 0 Å². The molecule has 1 heterocycles. The zero-order chi connectivity index (χ0) is 11.4. The van der Waals surface area contributed by atoms with Gasteiger partial charge in [-0.25, -0.2) is 4.98 Å². The molecule has 0 bridgehead atoms. The minimum Gasteiger partial charge on any atom is -0.481 e. The maximum Gasteiger partial charge on any atom is 0.213 e. The Balaban J connectivity index is 1.96. The molecule has 0 saturated heterocycles. The van der Waals surface area contributed by atoms with Crippen molar-refractivity contribution in [1.29, 1.82) is 0 Å². The van der Waals surface area contributed by atoms with E-state index in [4.69, 9.17) is 4.74 Å². The number of methoxy groups -OCH3 is 1. The van der Waals surface area contributed by atoms with Gasteiger partial charge >= 0.3 is 0 Å². The molecule has 16 heavy (non-hydrogen) atoms. The van der Waals surface area contributed by atoms with E-state index >= 15 is 0 Å². The van der Waals surface area contributed by atoms with E-state index in [9.17, 15) is 5.11 Å². The first-order chi connectivity index (χ1) is 7.79. The summed E-state index contributed by atoms with van der Waals surface area (Å²) in [6.07, 6.45) is 5.71. The molecule has 0 unspecified atom stereocenters. The Hall–Kier alpha value is -1.29. The lowest BCUT2D eigenvalue weighted by Gasteiger charge is -2.29. The molecule has 0 radical (unpaired) electrons.